The minimum atomic E-state index is 0. The molecular weight excluding hydrogens is 1380 g/mol. The van der Waals surface area contributed by atoms with Gasteiger partial charge in [-0.2, -0.15) is 0 Å². The summed E-state index contributed by atoms with van der Waals surface area (Å²) in [6.07, 6.45) is 0. The minimum absolute atomic E-state index is 0. The highest BCUT2D eigenvalue weighted by atomic mass is 79.9. The van der Waals surface area contributed by atoms with Crippen LogP contribution < -0.4 is 22.3 Å². The average molecular weight is 1460 g/mol. The van der Waals surface area contributed by atoms with E-state index in [0.29, 0.717) is 0 Å². The summed E-state index contributed by atoms with van der Waals surface area (Å²) >= 11 is 7.52. The molecule has 0 aromatic heterocycles. The van der Waals surface area contributed by atoms with Crippen molar-refractivity contribution in [3.8, 4) is 44.5 Å². The zero-order valence-corrected chi connectivity index (χ0v) is 59.9. The summed E-state index contributed by atoms with van der Waals surface area (Å²) in [6, 6.07) is 99.2. The number of hydrogen-bond donors (Lipinski definition) is 1. The second kappa shape index (κ2) is 26.7. The Kier molecular flexibility index (Phi) is 17.7. The molecule has 0 atom stereocenters. The first kappa shape index (κ1) is 64.9. The molecule has 3 aliphatic heterocycles. The topological polar surface area (TPSA) is 12.0 Å². The van der Waals surface area contributed by atoms with Gasteiger partial charge in [-0.1, -0.05) is 306 Å². The Morgan fingerprint density at radius 2 is 0.520 bits per heavy atom. The first-order chi connectivity index (χ1) is 47.1. The van der Waals surface area contributed by atoms with Crippen molar-refractivity contribution in [2.24, 2.45) is 0 Å². The Hall–Kier alpha value is -9.04. The van der Waals surface area contributed by atoms with Crippen LogP contribution in [0.15, 0.2) is 267 Å². The number of hydrogen-bond acceptors (Lipinski definition) is 1. The normalized spacial score (nSPS) is 13.3. The quantitative estimate of drug-likeness (QED) is 0.137. The standard InChI is InChI=1S/C46H36N.C24H20Br2.C22H17N.CH4.BrH/c1-29-23-33-13-5-9-17-39(33)45-41(29)27-47(28-42-30(2)24-34-14-6-10-18-40(34)46(42)45)25-35-21-19-31-11-3-7-15-37(31)43(35)44-36(26-47)22-20-32-12-4-8-16-38(32)44;1-15-11-17-7-3-5-9-19(17)23(21(15)13-25)24-20-10-6-4-8-18(20)12-16(2)22(24)14-26;1-3-7-19-15(5-1)9-11-17-13-23-14-18-12-10-16-6-2-4-8-20(16)22(18)21(17)19;;/h3-24H,25-28H2,1-2H3;3-12H,13-14H2,1-2H3;1-12,23H,13-14H2;1H4;1H/q+1;;;;/p-1. The van der Waals surface area contributed by atoms with Crippen molar-refractivity contribution in [2.45, 2.75) is 85.1 Å². The molecule has 0 saturated carbocycles. The predicted molar refractivity (Wildman–Crippen MR) is 424 cm³/mol. The molecule has 19 rings (SSSR count). The van der Waals surface area contributed by atoms with Crippen LogP contribution in [-0.4, -0.2) is 4.48 Å². The van der Waals surface area contributed by atoms with Crippen LogP contribution in [0.3, 0.4) is 0 Å². The molecule has 0 amide bonds. The van der Waals surface area contributed by atoms with Gasteiger partial charge in [0.2, 0.25) is 0 Å². The molecule has 0 fully saturated rings. The van der Waals surface area contributed by atoms with Crippen molar-refractivity contribution in [3.63, 3.8) is 0 Å². The Morgan fingerprint density at radius 1 is 0.276 bits per heavy atom. The summed E-state index contributed by atoms with van der Waals surface area (Å²) in [6.45, 7) is 14.9. The van der Waals surface area contributed by atoms with E-state index in [-0.39, 0.29) is 24.4 Å². The van der Waals surface area contributed by atoms with Gasteiger partial charge in [0, 0.05) is 46.0 Å². The summed E-state index contributed by atoms with van der Waals surface area (Å²) in [4.78, 5) is 0. The van der Waals surface area contributed by atoms with Crippen LogP contribution in [-0.2, 0) is 49.9 Å². The van der Waals surface area contributed by atoms with Gasteiger partial charge in [-0.15, -0.1) is 0 Å². The van der Waals surface area contributed by atoms with Crippen molar-refractivity contribution in [1.29, 1.82) is 0 Å². The molecule has 3 heterocycles. The monoisotopic (exact) mass is 1460 g/mol. The third-order valence-electron chi connectivity index (χ3n) is 21.5. The number of nitrogens with one attached hydrogen (secondary N) is 1. The van der Waals surface area contributed by atoms with Crippen molar-refractivity contribution < 1.29 is 21.5 Å². The lowest BCUT2D eigenvalue weighted by Gasteiger charge is -2.38. The van der Waals surface area contributed by atoms with Crippen LogP contribution in [0.25, 0.3) is 131 Å². The molecule has 98 heavy (non-hydrogen) atoms. The fraction of sp³-hybridized carbons (Fsp3) is 0.140. The Bertz CT molecular complexity index is 5500. The molecule has 2 nitrogen and oxygen atoms in total. The number of alkyl halides is 2. The number of fused-ring (bicyclic) bond motifs is 23. The first-order valence-corrected chi connectivity index (χ1v) is 36.1. The zero-order valence-electron chi connectivity index (χ0n) is 55.1. The van der Waals surface area contributed by atoms with Crippen molar-refractivity contribution in [1.82, 2.24) is 5.32 Å². The number of nitrogens with zero attached hydrogens (tertiary/aromatic N) is 1. The molecule has 5 heteroatoms. The number of aryl methyl sites for hydroxylation is 4. The maximum Gasteiger partial charge on any atom is 0.106 e. The fourth-order valence-electron chi connectivity index (χ4n) is 17.1. The van der Waals surface area contributed by atoms with Crippen molar-refractivity contribution >= 4 is 118 Å². The van der Waals surface area contributed by atoms with Gasteiger partial charge in [-0.25, -0.2) is 0 Å². The van der Waals surface area contributed by atoms with Gasteiger partial charge < -0.3 is 26.8 Å². The van der Waals surface area contributed by atoms with Gasteiger partial charge >= 0.3 is 0 Å². The van der Waals surface area contributed by atoms with E-state index >= 15 is 0 Å². The summed E-state index contributed by atoms with van der Waals surface area (Å²) in [5.74, 6) is 0. The second-order valence-electron chi connectivity index (χ2n) is 27.2. The molecule has 0 bridgehead atoms. The van der Waals surface area contributed by atoms with E-state index in [2.05, 4.69) is 332 Å². The maximum absolute atomic E-state index is 3.76. The summed E-state index contributed by atoms with van der Waals surface area (Å²) in [5.41, 5.74) is 28.2. The third-order valence-corrected chi connectivity index (χ3v) is 22.6. The highest BCUT2D eigenvalue weighted by Crippen LogP contribution is 2.52. The molecule has 0 saturated heterocycles. The molecule has 0 unspecified atom stereocenters. The van der Waals surface area contributed by atoms with Gasteiger partial charge in [0.1, 0.15) is 26.2 Å². The Morgan fingerprint density at radius 3 is 0.827 bits per heavy atom. The summed E-state index contributed by atoms with van der Waals surface area (Å²) in [5, 5.41) is 26.6. The van der Waals surface area contributed by atoms with Gasteiger partial charge in [0.15, 0.2) is 0 Å². The van der Waals surface area contributed by atoms with Crippen LogP contribution in [0, 0.1) is 27.7 Å². The molecule has 480 valence electrons. The molecule has 1 N–H and O–H groups in total. The van der Waals surface area contributed by atoms with E-state index in [0.717, 1.165) is 54.4 Å². The van der Waals surface area contributed by atoms with Gasteiger partial charge in [0.25, 0.3) is 0 Å². The molecule has 1 spiro atoms. The smallest absolute Gasteiger partial charge is 0.106 e. The van der Waals surface area contributed by atoms with E-state index in [1.807, 2.05) is 0 Å². The summed E-state index contributed by atoms with van der Waals surface area (Å²) < 4.78 is 0.967. The number of benzene rings is 16. The van der Waals surface area contributed by atoms with Gasteiger partial charge in [-0.05, 0) is 203 Å². The Balaban J connectivity index is 0.000000130. The molecule has 16 aromatic rings. The van der Waals surface area contributed by atoms with Crippen molar-refractivity contribution in [2.75, 3.05) is 0 Å². The first-order valence-electron chi connectivity index (χ1n) is 33.9. The molecule has 3 aliphatic rings. The number of halogens is 3. The highest BCUT2D eigenvalue weighted by Gasteiger charge is 2.41. The molecular formula is C93H77Br3N2. The van der Waals surface area contributed by atoms with E-state index < -0.39 is 0 Å². The minimum Gasteiger partial charge on any atom is -1.00 e. The predicted octanol–water partition coefficient (Wildman–Crippen LogP) is 22.8. The maximum atomic E-state index is 3.76. The van der Waals surface area contributed by atoms with Crippen molar-refractivity contribution in [3.05, 3.63) is 334 Å². The Labute approximate surface area is 603 Å². The average Bonchev–Trinajstić information content (AvgIpc) is 1.52. The molecule has 0 aliphatic carbocycles. The highest BCUT2D eigenvalue weighted by molar-refractivity contribution is 9.08. The van der Waals surface area contributed by atoms with Crippen LogP contribution in [0.5, 0.6) is 0 Å². The van der Waals surface area contributed by atoms with Gasteiger partial charge in [0.05, 0.1) is 0 Å². The van der Waals surface area contributed by atoms with Gasteiger partial charge in [-0.3, -0.25) is 0 Å². The lowest BCUT2D eigenvalue weighted by atomic mass is 9.84. The summed E-state index contributed by atoms with van der Waals surface area (Å²) in [7, 11) is 0. The van der Waals surface area contributed by atoms with Crippen LogP contribution in [0.4, 0.5) is 0 Å². The van der Waals surface area contributed by atoms with E-state index in [1.54, 1.807) is 0 Å². The SMILES string of the molecule is C.Cc1cc2ccccc2c(-c2c(CBr)c(C)cc3ccccc23)c1CBr.Cc1cc2ccccc2c2c1C[N+]1(Cc3ccc4ccccc4c3-c3c(ccc4ccccc34)C1)Cc1c(C)cc3ccccc3c1-2.[Br-].c1ccc2c3c(ccc2c1)CNCc1ccc2ccccc2c1-3. The van der Waals surface area contributed by atoms with Crippen LogP contribution in [0.1, 0.15) is 74.2 Å². The lowest BCUT2D eigenvalue weighted by molar-refractivity contribution is -0.978. The fourth-order valence-corrected chi connectivity index (χ4v) is 18.5. The van der Waals surface area contributed by atoms with E-state index in [9.17, 15) is 0 Å². The zero-order chi connectivity index (χ0) is 64.8. The molecule has 0 radical (unpaired) electrons. The molecule has 16 aromatic carbocycles. The number of rotatable bonds is 3. The van der Waals surface area contributed by atoms with E-state index in [4.69, 9.17) is 0 Å². The lowest BCUT2D eigenvalue weighted by Crippen LogP contribution is -3.00. The van der Waals surface area contributed by atoms with Crippen LogP contribution >= 0.6 is 31.9 Å². The van der Waals surface area contributed by atoms with E-state index in [1.165, 1.54) is 197 Å². The second-order valence-corrected chi connectivity index (χ2v) is 28.3. The largest absolute Gasteiger partial charge is 1.00 e. The number of quaternary nitrogens is 1. The van der Waals surface area contributed by atoms with Crippen LogP contribution in [0.2, 0.25) is 0 Å². The third kappa shape index (κ3) is 11.1.